The summed E-state index contributed by atoms with van der Waals surface area (Å²) in [6.07, 6.45) is 4.59. The minimum Gasteiger partial charge on any atom is -0.377 e. The molecule has 0 unspecified atom stereocenters. The SMILES string of the molecule is C1CN2C[C@H](OCC3CC3)C[C@@H]2CN1. The summed E-state index contributed by atoms with van der Waals surface area (Å²) in [5.74, 6) is 0.908. The molecule has 1 saturated carbocycles. The first kappa shape index (κ1) is 9.13. The first-order chi connectivity index (χ1) is 6.92. The second-order valence-electron chi connectivity index (χ2n) is 4.99. The van der Waals surface area contributed by atoms with E-state index in [1.54, 1.807) is 0 Å². The molecule has 0 aromatic heterocycles. The van der Waals surface area contributed by atoms with Crippen LogP contribution < -0.4 is 5.32 Å². The van der Waals surface area contributed by atoms with Crippen LogP contribution in [0.5, 0.6) is 0 Å². The molecule has 0 bridgehead atoms. The van der Waals surface area contributed by atoms with E-state index in [2.05, 4.69) is 10.2 Å². The summed E-state index contributed by atoms with van der Waals surface area (Å²) in [5.41, 5.74) is 0. The third-order valence-corrected chi connectivity index (χ3v) is 3.71. The van der Waals surface area contributed by atoms with Gasteiger partial charge in [-0.15, -0.1) is 0 Å². The summed E-state index contributed by atoms with van der Waals surface area (Å²) < 4.78 is 5.95. The van der Waals surface area contributed by atoms with E-state index in [0.29, 0.717) is 6.10 Å². The number of nitrogens with one attached hydrogen (secondary N) is 1. The standard InChI is InChI=1S/C11H20N2O/c1-2-9(1)8-14-11-5-10-6-12-3-4-13(10)7-11/h9-12H,1-8H2/t10-,11-/m1/s1. The Kier molecular flexibility index (Phi) is 2.48. The minimum atomic E-state index is 0.528. The van der Waals surface area contributed by atoms with Crippen LogP contribution in [0.15, 0.2) is 0 Å². The van der Waals surface area contributed by atoms with Gasteiger partial charge >= 0.3 is 0 Å². The van der Waals surface area contributed by atoms with Crippen molar-refractivity contribution in [2.24, 2.45) is 5.92 Å². The molecule has 1 aliphatic carbocycles. The number of hydrogen-bond donors (Lipinski definition) is 1. The highest BCUT2D eigenvalue weighted by molar-refractivity contribution is 4.90. The zero-order valence-corrected chi connectivity index (χ0v) is 8.74. The monoisotopic (exact) mass is 196 g/mol. The maximum atomic E-state index is 5.95. The van der Waals surface area contributed by atoms with Gasteiger partial charge in [0.1, 0.15) is 0 Å². The van der Waals surface area contributed by atoms with Crippen LogP contribution in [0.4, 0.5) is 0 Å². The van der Waals surface area contributed by atoms with Crippen molar-refractivity contribution in [2.75, 3.05) is 32.8 Å². The van der Waals surface area contributed by atoms with E-state index in [0.717, 1.165) is 25.1 Å². The van der Waals surface area contributed by atoms with Crippen LogP contribution in [0.2, 0.25) is 0 Å². The Labute approximate surface area is 85.8 Å². The molecule has 80 valence electrons. The van der Waals surface area contributed by atoms with Crippen molar-refractivity contribution in [1.82, 2.24) is 10.2 Å². The molecule has 0 spiro atoms. The molecule has 3 nitrogen and oxygen atoms in total. The lowest BCUT2D eigenvalue weighted by Crippen LogP contribution is -2.47. The second-order valence-corrected chi connectivity index (χ2v) is 4.99. The highest BCUT2D eigenvalue weighted by Crippen LogP contribution is 2.30. The molecular formula is C11H20N2O. The Morgan fingerprint density at radius 3 is 3.07 bits per heavy atom. The van der Waals surface area contributed by atoms with Gasteiger partial charge in [-0.05, 0) is 25.2 Å². The molecule has 2 saturated heterocycles. The summed E-state index contributed by atoms with van der Waals surface area (Å²) in [6.45, 7) is 5.75. The fourth-order valence-corrected chi connectivity index (χ4v) is 2.59. The van der Waals surface area contributed by atoms with Crippen molar-refractivity contribution in [3.05, 3.63) is 0 Å². The van der Waals surface area contributed by atoms with Gasteiger partial charge < -0.3 is 10.1 Å². The van der Waals surface area contributed by atoms with Crippen molar-refractivity contribution < 1.29 is 4.74 Å². The van der Waals surface area contributed by atoms with Crippen LogP contribution >= 0.6 is 0 Å². The highest BCUT2D eigenvalue weighted by atomic mass is 16.5. The molecule has 0 amide bonds. The summed E-state index contributed by atoms with van der Waals surface area (Å²) in [5, 5.41) is 3.46. The number of ether oxygens (including phenoxy) is 1. The molecule has 2 atom stereocenters. The molecule has 3 rings (SSSR count). The van der Waals surface area contributed by atoms with Gasteiger partial charge in [0, 0.05) is 38.8 Å². The lowest BCUT2D eigenvalue weighted by Gasteiger charge is -2.29. The van der Waals surface area contributed by atoms with Crippen molar-refractivity contribution in [2.45, 2.75) is 31.4 Å². The van der Waals surface area contributed by atoms with Crippen molar-refractivity contribution in [1.29, 1.82) is 0 Å². The number of piperazine rings is 1. The fraction of sp³-hybridized carbons (Fsp3) is 1.00. The molecule has 1 N–H and O–H groups in total. The van der Waals surface area contributed by atoms with E-state index in [-0.39, 0.29) is 0 Å². The molecule has 0 aromatic carbocycles. The Balaban J connectivity index is 1.47. The van der Waals surface area contributed by atoms with Gasteiger partial charge in [0.25, 0.3) is 0 Å². The molecule has 2 aliphatic heterocycles. The van der Waals surface area contributed by atoms with E-state index in [1.165, 1.54) is 38.9 Å². The Bertz CT molecular complexity index is 191. The molecule has 14 heavy (non-hydrogen) atoms. The molecule has 3 fully saturated rings. The second kappa shape index (κ2) is 3.80. The van der Waals surface area contributed by atoms with Gasteiger partial charge in [-0.2, -0.15) is 0 Å². The third kappa shape index (κ3) is 1.95. The van der Waals surface area contributed by atoms with Crippen LogP contribution in [-0.4, -0.2) is 49.8 Å². The molecular weight excluding hydrogens is 176 g/mol. The average molecular weight is 196 g/mol. The summed E-state index contributed by atoms with van der Waals surface area (Å²) >= 11 is 0. The summed E-state index contributed by atoms with van der Waals surface area (Å²) in [6, 6.07) is 0.757. The van der Waals surface area contributed by atoms with Crippen molar-refractivity contribution >= 4 is 0 Å². The normalized spacial score (nSPS) is 38.6. The average Bonchev–Trinajstić information content (AvgIpc) is 2.94. The van der Waals surface area contributed by atoms with Gasteiger partial charge in [-0.1, -0.05) is 0 Å². The quantitative estimate of drug-likeness (QED) is 0.709. The smallest absolute Gasteiger partial charge is 0.0717 e. The van der Waals surface area contributed by atoms with Gasteiger partial charge in [0.2, 0.25) is 0 Å². The Morgan fingerprint density at radius 1 is 1.36 bits per heavy atom. The van der Waals surface area contributed by atoms with Crippen molar-refractivity contribution in [3.63, 3.8) is 0 Å². The van der Waals surface area contributed by atoms with E-state index >= 15 is 0 Å². The van der Waals surface area contributed by atoms with E-state index in [4.69, 9.17) is 4.74 Å². The predicted octanol–water partition coefficient (Wildman–Crippen LogP) is 0.459. The van der Waals surface area contributed by atoms with Crippen LogP contribution in [-0.2, 0) is 4.74 Å². The van der Waals surface area contributed by atoms with E-state index in [9.17, 15) is 0 Å². The van der Waals surface area contributed by atoms with Gasteiger partial charge in [-0.3, -0.25) is 4.90 Å². The molecule has 0 aromatic rings. The van der Waals surface area contributed by atoms with E-state index in [1.807, 2.05) is 0 Å². The zero-order valence-electron chi connectivity index (χ0n) is 8.74. The van der Waals surface area contributed by atoms with Gasteiger partial charge in [0.15, 0.2) is 0 Å². The zero-order chi connectivity index (χ0) is 9.38. The lowest BCUT2D eigenvalue weighted by atomic mass is 10.2. The van der Waals surface area contributed by atoms with Crippen LogP contribution in [0.3, 0.4) is 0 Å². The highest BCUT2D eigenvalue weighted by Gasteiger charge is 2.34. The van der Waals surface area contributed by atoms with Crippen LogP contribution in [0.25, 0.3) is 0 Å². The largest absolute Gasteiger partial charge is 0.377 e. The Hall–Kier alpha value is -0.120. The number of nitrogens with zero attached hydrogens (tertiary/aromatic N) is 1. The maximum Gasteiger partial charge on any atom is 0.0717 e. The number of hydrogen-bond acceptors (Lipinski definition) is 3. The molecule has 0 radical (unpaired) electrons. The van der Waals surface area contributed by atoms with Crippen LogP contribution in [0, 0.1) is 5.92 Å². The summed E-state index contributed by atoms with van der Waals surface area (Å²) in [4.78, 5) is 2.59. The first-order valence-electron chi connectivity index (χ1n) is 5.98. The number of fused-ring (bicyclic) bond motifs is 1. The minimum absolute atomic E-state index is 0.528. The van der Waals surface area contributed by atoms with Gasteiger partial charge in [0.05, 0.1) is 6.10 Å². The lowest BCUT2D eigenvalue weighted by molar-refractivity contribution is 0.0520. The predicted molar refractivity (Wildman–Crippen MR) is 55.3 cm³/mol. The fourth-order valence-electron chi connectivity index (χ4n) is 2.59. The first-order valence-corrected chi connectivity index (χ1v) is 5.98. The third-order valence-electron chi connectivity index (χ3n) is 3.71. The van der Waals surface area contributed by atoms with Gasteiger partial charge in [-0.25, -0.2) is 0 Å². The topological polar surface area (TPSA) is 24.5 Å². The maximum absolute atomic E-state index is 5.95. The van der Waals surface area contributed by atoms with Crippen molar-refractivity contribution in [3.8, 4) is 0 Å². The Morgan fingerprint density at radius 2 is 2.29 bits per heavy atom. The molecule has 3 heteroatoms. The number of rotatable bonds is 3. The summed E-state index contributed by atoms with van der Waals surface area (Å²) in [7, 11) is 0. The van der Waals surface area contributed by atoms with Crippen LogP contribution in [0.1, 0.15) is 19.3 Å². The van der Waals surface area contributed by atoms with E-state index < -0.39 is 0 Å². The molecule has 3 aliphatic rings. The molecule has 2 heterocycles.